The molecule has 8 heavy (non-hydrogen) atoms. The van der Waals surface area contributed by atoms with Gasteiger partial charge in [-0.15, -0.1) is 0 Å². The molecule has 0 rings (SSSR count). The highest BCUT2D eigenvalue weighted by Crippen LogP contribution is 2.39. The topological polar surface area (TPSA) is 20.2 Å². The lowest BCUT2D eigenvalue weighted by Crippen LogP contribution is -2.32. The molecular formula is C2HCl3F2O. The summed E-state index contributed by atoms with van der Waals surface area (Å²) in [6, 6.07) is 0. The van der Waals surface area contributed by atoms with Gasteiger partial charge in [0.1, 0.15) is 0 Å². The summed E-state index contributed by atoms with van der Waals surface area (Å²) in [5.41, 5.74) is 0. The third-order valence-corrected chi connectivity index (χ3v) is 1.02. The number of hydrogen-bond donors (Lipinski definition) is 1. The van der Waals surface area contributed by atoms with Gasteiger partial charge in [0, 0.05) is 0 Å². The van der Waals surface area contributed by atoms with E-state index in [1.807, 2.05) is 0 Å². The number of hydrogen-bond acceptors (Lipinski definition) is 1. The molecule has 50 valence electrons. The van der Waals surface area contributed by atoms with E-state index in [9.17, 15) is 8.78 Å². The number of aliphatic hydroxyl groups is 1. The van der Waals surface area contributed by atoms with Crippen LogP contribution in [0.15, 0.2) is 0 Å². The lowest BCUT2D eigenvalue weighted by atomic mass is 10.7. The normalized spacial score (nSPS) is 14.2. The third-order valence-electron chi connectivity index (χ3n) is 0.341. The second-order valence-electron chi connectivity index (χ2n) is 1.04. The number of rotatable bonds is 0. The molecule has 0 saturated carbocycles. The average Bonchev–Trinajstić information content (AvgIpc) is 1.25. The van der Waals surface area contributed by atoms with Gasteiger partial charge in [-0.25, -0.2) is 0 Å². The molecule has 0 aliphatic rings. The molecule has 0 fully saturated rings. The van der Waals surface area contributed by atoms with E-state index in [0.717, 1.165) is 0 Å². The molecule has 0 amide bonds. The van der Waals surface area contributed by atoms with Crippen LogP contribution in [0.2, 0.25) is 0 Å². The molecule has 0 aliphatic heterocycles. The van der Waals surface area contributed by atoms with Crippen molar-refractivity contribution < 1.29 is 13.9 Å². The quantitative estimate of drug-likeness (QED) is 0.572. The van der Waals surface area contributed by atoms with Crippen molar-refractivity contribution in [2.45, 2.75) is 9.90 Å². The molecule has 0 aromatic heterocycles. The van der Waals surface area contributed by atoms with Crippen LogP contribution in [0, 0.1) is 0 Å². The molecule has 0 aromatic carbocycles. The van der Waals surface area contributed by atoms with E-state index in [2.05, 4.69) is 34.8 Å². The number of alkyl halides is 5. The lowest BCUT2D eigenvalue weighted by Gasteiger charge is -2.16. The standard InChI is InChI=1S/C2HCl3F2O/c3-1(4,5)2(6,7)8/h8H. The Morgan fingerprint density at radius 3 is 1.25 bits per heavy atom. The van der Waals surface area contributed by atoms with Crippen LogP contribution in [-0.2, 0) is 0 Å². The molecule has 0 radical (unpaired) electrons. The van der Waals surface area contributed by atoms with Gasteiger partial charge in [-0.1, -0.05) is 34.8 Å². The first kappa shape index (κ1) is 8.69. The fraction of sp³-hybridized carbons (Fsp3) is 1.00. The summed E-state index contributed by atoms with van der Waals surface area (Å²) >= 11 is 13.6. The second-order valence-corrected chi connectivity index (χ2v) is 3.32. The molecule has 6 heteroatoms. The maximum absolute atomic E-state index is 11.4. The molecule has 0 heterocycles. The zero-order chi connectivity index (χ0) is 7.00. The first-order chi connectivity index (χ1) is 3.25. The predicted octanol–water partition coefficient (Wildman–Crippen LogP) is 1.94. The minimum Gasteiger partial charge on any atom is -0.333 e. The summed E-state index contributed by atoms with van der Waals surface area (Å²) in [5.74, 6) is 0. The Morgan fingerprint density at radius 2 is 1.25 bits per heavy atom. The van der Waals surface area contributed by atoms with Gasteiger partial charge in [-0.2, -0.15) is 8.78 Å². The average molecular weight is 185 g/mol. The van der Waals surface area contributed by atoms with E-state index in [-0.39, 0.29) is 0 Å². The van der Waals surface area contributed by atoms with Crippen LogP contribution in [0.4, 0.5) is 8.78 Å². The third kappa shape index (κ3) is 2.31. The van der Waals surface area contributed by atoms with Crippen LogP contribution in [-0.4, -0.2) is 15.0 Å². The van der Waals surface area contributed by atoms with Gasteiger partial charge in [-0.05, 0) is 0 Å². The van der Waals surface area contributed by atoms with Crippen LogP contribution in [0.3, 0.4) is 0 Å². The second kappa shape index (κ2) is 2.14. The minimum atomic E-state index is -4.27. The fourth-order valence-electron chi connectivity index (χ4n) is 0. The Bertz CT molecular complexity index is 70.3. The van der Waals surface area contributed by atoms with Crippen LogP contribution < -0.4 is 0 Å². The predicted molar refractivity (Wildman–Crippen MR) is 27.5 cm³/mol. The molecule has 0 aromatic rings. The van der Waals surface area contributed by atoms with Crippen molar-refractivity contribution in [1.82, 2.24) is 0 Å². The monoisotopic (exact) mass is 184 g/mol. The van der Waals surface area contributed by atoms with E-state index in [4.69, 9.17) is 5.11 Å². The first-order valence-electron chi connectivity index (χ1n) is 1.42. The largest absolute Gasteiger partial charge is 0.400 e. The van der Waals surface area contributed by atoms with Gasteiger partial charge >= 0.3 is 6.11 Å². The van der Waals surface area contributed by atoms with Crippen LogP contribution in [0.25, 0.3) is 0 Å². The highest BCUT2D eigenvalue weighted by Gasteiger charge is 2.49. The van der Waals surface area contributed by atoms with E-state index in [1.165, 1.54) is 0 Å². The van der Waals surface area contributed by atoms with Crippen molar-refractivity contribution in [2.24, 2.45) is 0 Å². The van der Waals surface area contributed by atoms with Crippen molar-refractivity contribution in [1.29, 1.82) is 0 Å². The van der Waals surface area contributed by atoms with Gasteiger partial charge in [0.15, 0.2) is 0 Å². The van der Waals surface area contributed by atoms with Gasteiger partial charge in [0.05, 0.1) is 0 Å². The molecule has 0 spiro atoms. The Hall–Kier alpha value is 0.690. The molecule has 1 nitrogen and oxygen atoms in total. The van der Waals surface area contributed by atoms with E-state index in [1.54, 1.807) is 0 Å². The van der Waals surface area contributed by atoms with Gasteiger partial charge < -0.3 is 5.11 Å². The van der Waals surface area contributed by atoms with Crippen LogP contribution >= 0.6 is 34.8 Å². The molecule has 0 bridgehead atoms. The Kier molecular flexibility index (Phi) is 2.32. The highest BCUT2D eigenvalue weighted by molar-refractivity contribution is 6.68. The summed E-state index contributed by atoms with van der Waals surface area (Å²) in [6.07, 6.45) is -4.27. The molecule has 0 aliphatic carbocycles. The SMILES string of the molecule is OC(F)(F)C(Cl)(Cl)Cl. The van der Waals surface area contributed by atoms with E-state index >= 15 is 0 Å². The van der Waals surface area contributed by atoms with Gasteiger partial charge in [0.2, 0.25) is 0 Å². The number of halogens is 5. The molecular weight excluding hydrogens is 184 g/mol. The van der Waals surface area contributed by atoms with Crippen LogP contribution in [0.1, 0.15) is 0 Å². The smallest absolute Gasteiger partial charge is 0.333 e. The van der Waals surface area contributed by atoms with Crippen molar-refractivity contribution in [3.8, 4) is 0 Å². The maximum atomic E-state index is 11.4. The first-order valence-corrected chi connectivity index (χ1v) is 2.55. The fourth-order valence-corrected chi connectivity index (χ4v) is 0. The van der Waals surface area contributed by atoms with Crippen molar-refractivity contribution in [3.05, 3.63) is 0 Å². The minimum absolute atomic E-state index is 2.92. The highest BCUT2D eigenvalue weighted by atomic mass is 35.6. The molecule has 0 atom stereocenters. The van der Waals surface area contributed by atoms with E-state index in [0.29, 0.717) is 0 Å². The zero-order valence-electron chi connectivity index (χ0n) is 3.34. The molecule has 0 unspecified atom stereocenters. The van der Waals surface area contributed by atoms with Gasteiger partial charge in [0.25, 0.3) is 3.79 Å². The summed E-state index contributed by atoms with van der Waals surface area (Å²) in [7, 11) is 0. The van der Waals surface area contributed by atoms with E-state index < -0.39 is 9.90 Å². The Morgan fingerprint density at radius 1 is 1.12 bits per heavy atom. The lowest BCUT2D eigenvalue weighted by molar-refractivity contribution is -0.194. The molecule has 0 saturated heterocycles. The zero-order valence-corrected chi connectivity index (χ0v) is 5.60. The molecule has 1 N–H and O–H groups in total. The summed E-state index contributed by atoms with van der Waals surface area (Å²) in [4.78, 5) is 0. The van der Waals surface area contributed by atoms with Crippen molar-refractivity contribution in [2.75, 3.05) is 0 Å². The van der Waals surface area contributed by atoms with Crippen LogP contribution in [0.5, 0.6) is 0 Å². The summed E-state index contributed by atoms with van der Waals surface area (Å²) in [6.45, 7) is 0. The summed E-state index contributed by atoms with van der Waals surface area (Å²) < 4.78 is 19.9. The van der Waals surface area contributed by atoms with Crippen molar-refractivity contribution >= 4 is 34.8 Å². The Balaban J connectivity index is 4.02. The summed E-state index contributed by atoms with van der Waals surface area (Å²) in [5, 5.41) is 7.62. The van der Waals surface area contributed by atoms with Crippen molar-refractivity contribution in [3.63, 3.8) is 0 Å². The maximum Gasteiger partial charge on any atom is 0.400 e. The van der Waals surface area contributed by atoms with Gasteiger partial charge in [-0.3, -0.25) is 0 Å². The Labute approximate surface area is 59.1 Å².